The second kappa shape index (κ2) is 6.86. The number of carbonyl (C=O) groups excluding carboxylic acids is 1. The first-order valence-electron chi connectivity index (χ1n) is 7.27. The predicted octanol–water partition coefficient (Wildman–Crippen LogP) is 2.39. The molecule has 0 radical (unpaired) electrons. The van der Waals surface area contributed by atoms with E-state index in [2.05, 4.69) is 30.1 Å². The largest absolute Gasteiger partial charge is 0.379 e. The molecule has 1 amide bonds. The molecule has 1 saturated heterocycles. The normalized spacial score (nSPS) is 16.4. The summed E-state index contributed by atoms with van der Waals surface area (Å²) in [5.74, 6) is 0.455. The van der Waals surface area contributed by atoms with Gasteiger partial charge in [0.25, 0.3) is 0 Å². The molecule has 0 bridgehead atoms. The minimum absolute atomic E-state index is 0.0584. The Kier molecular flexibility index (Phi) is 5.15. The van der Waals surface area contributed by atoms with Gasteiger partial charge in [0.2, 0.25) is 5.91 Å². The predicted molar refractivity (Wildman–Crippen MR) is 81.2 cm³/mol. The van der Waals surface area contributed by atoms with Gasteiger partial charge in [-0.1, -0.05) is 32.0 Å². The van der Waals surface area contributed by atoms with Gasteiger partial charge in [0, 0.05) is 18.8 Å². The summed E-state index contributed by atoms with van der Waals surface area (Å²) < 4.78 is 5.30. The lowest BCUT2D eigenvalue weighted by Gasteiger charge is -2.26. The van der Waals surface area contributed by atoms with Crippen molar-refractivity contribution < 1.29 is 9.53 Å². The van der Waals surface area contributed by atoms with Crippen molar-refractivity contribution in [2.24, 2.45) is 0 Å². The van der Waals surface area contributed by atoms with Crippen molar-refractivity contribution in [3.8, 4) is 0 Å². The fourth-order valence-corrected chi connectivity index (χ4v) is 2.48. The molecule has 0 aliphatic carbocycles. The van der Waals surface area contributed by atoms with Gasteiger partial charge in [0.05, 0.1) is 19.8 Å². The molecule has 2 rings (SSSR count). The molecule has 0 unspecified atom stereocenters. The van der Waals surface area contributed by atoms with Crippen LogP contribution in [0.3, 0.4) is 0 Å². The van der Waals surface area contributed by atoms with Gasteiger partial charge < -0.3 is 10.1 Å². The highest BCUT2D eigenvalue weighted by molar-refractivity contribution is 5.93. The molecule has 1 aromatic carbocycles. The summed E-state index contributed by atoms with van der Waals surface area (Å²) in [4.78, 5) is 14.3. The highest BCUT2D eigenvalue weighted by Crippen LogP contribution is 2.27. The van der Waals surface area contributed by atoms with Crippen molar-refractivity contribution in [1.82, 2.24) is 4.90 Å². The van der Waals surface area contributed by atoms with Crippen LogP contribution < -0.4 is 5.32 Å². The Morgan fingerprint density at radius 2 is 2.05 bits per heavy atom. The maximum atomic E-state index is 12.2. The van der Waals surface area contributed by atoms with Crippen LogP contribution in [0.5, 0.6) is 0 Å². The fourth-order valence-electron chi connectivity index (χ4n) is 2.48. The maximum Gasteiger partial charge on any atom is 0.238 e. The van der Waals surface area contributed by atoms with Crippen LogP contribution in [0.1, 0.15) is 30.9 Å². The van der Waals surface area contributed by atoms with Crippen LogP contribution in [0.15, 0.2) is 18.2 Å². The molecular formula is C16H24N2O2. The van der Waals surface area contributed by atoms with Crippen LogP contribution in [-0.2, 0) is 9.53 Å². The van der Waals surface area contributed by atoms with E-state index in [1.54, 1.807) is 0 Å². The first-order chi connectivity index (χ1) is 9.58. The Hall–Kier alpha value is -1.39. The summed E-state index contributed by atoms with van der Waals surface area (Å²) in [5.41, 5.74) is 3.28. The van der Waals surface area contributed by atoms with Crippen molar-refractivity contribution in [3.63, 3.8) is 0 Å². The zero-order chi connectivity index (χ0) is 14.5. The van der Waals surface area contributed by atoms with Crippen molar-refractivity contribution in [1.29, 1.82) is 0 Å². The van der Waals surface area contributed by atoms with E-state index in [9.17, 15) is 4.79 Å². The molecule has 1 heterocycles. The van der Waals surface area contributed by atoms with E-state index in [-0.39, 0.29) is 5.91 Å². The van der Waals surface area contributed by atoms with Crippen LogP contribution >= 0.6 is 0 Å². The van der Waals surface area contributed by atoms with Crippen molar-refractivity contribution in [3.05, 3.63) is 29.3 Å². The summed E-state index contributed by atoms with van der Waals surface area (Å²) in [5, 5.41) is 3.09. The Morgan fingerprint density at radius 3 is 2.70 bits per heavy atom. The molecule has 0 saturated carbocycles. The molecule has 0 spiro atoms. The zero-order valence-corrected chi connectivity index (χ0v) is 12.6. The number of rotatable bonds is 4. The Labute approximate surface area is 121 Å². The lowest BCUT2D eigenvalue weighted by molar-refractivity contribution is -0.118. The third-order valence-corrected chi connectivity index (χ3v) is 3.66. The standard InChI is InChI=1S/C16H24N2O2/c1-12(2)14-6-4-5-13(3)16(14)17-15(19)11-18-7-9-20-10-8-18/h4-6,12H,7-11H2,1-3H3,(H,17,19). The van der Waals surface area contributed by atoms with Crippen molar-refractivity contribution in [2.45, 2.75) is 26.7 Å². The first-order valence-corrected chi connectivity index (χ1v) is 7.27. The monoisotopic (exact) mass is 276 g/mol. The summed E-state index contributed by atoms with van der Waals surface area (Å²) >= 11 is 0. The molecule has 1 fully saturated rings. The molecule has 110 valence electrons. The number of carbonyl (C=O) groups is 1. The maximum absolute atomic E-state index is 12.2. The van der Waals surface area contributed by atoms with Gasteiger partial charge >= 0.3 is 0 Å². The number of morpholine rings is 1. The van der Waals surface area contributed by atoms with Gasteiger partial charge in [0.1, 0.15) is 0 Å². The van der Waals surface area contributed by atoms with Crippen molar-refractivity contribution >= 4 is 11.6 Å². The quantitative estimate of drug-likeness (QED) is 0.918. The average Bonchev–Trinajstić information content (AvgIpc) is 2.42. The number of amides is 1. The number of benzene rings is 1. The second-order valence-electron chi connectivity index (χ2n) is 5.63. The fraction of sp³-hybridized carbons (Fsp3) is 0.562. The molecule has 0 aromatic heterocycles. The van der Waals surface area contributed by atoms with Gasteiger partial charge in [-0.3, -0.25) is 9.69 Å². The van der Waals surface area contributed by atoms with Gasteiger partial charge in [0.15, 0.2) is 0 Å². The number of hydrogen-bond donors (Lipinski definition) is 1. The number of nitrogens with one attached hydrogen (secondary N) is 1. The van der Waals surface area contributed by atoms with Crippen LogP contribution in [-0.4, -0.2) is 43.7 Å². The van der Waals surface area contributed by atoms with Gasteiger partial charge in [-0.25, -0.2) is 0 Å². The summed E-state index contributed by atoms with van der Waals surface area (Å²) in [6.45, 7) is 9.87. The third-order valence-electron chi connectivity index (χ3n) is 3.66. The SMILES string of the molecule is Cc1cccc(C(C)C)c1NC(=O)CN1CCOCC1. The lowest BCUT2D eigenvalue weighted by Crippen LogP contribution is -2.41. The zero-order valence-electron chi connectivity index (χ0n) is 12.6. The topological polar surface area (TPSA) is 41.6 Å². The van der Waals surface area contributed by atoms with E-state index in [1.165, 1.54) is 5.56 Å². The lowest BCUT2D eigenvalue weighted by atomic mass is 9.98. The molecule has 1 aromatic rings. The molecule has 20 heavy (non-hydrogen) atoms. The Bertz CT molecular complexity index is 466. The summed E-state index contributed by atoms with van der Waals surface area (Å²) in [6, 6.07) is 6.17. The molecule has 4 heteroatoms. The minimum Gasteiger partial charge on any atom is -0.379 e. The average molecular weight is 276 g/mol. The third kappa shape index (κ3) is 3.81. The summed E-state index contributed by atoms with van der Waals surface area (Å²) in [7, 11) is 0. The summed E-state index contributed by atoms with van der Waals surface area (Å²) in [6.07, 6.45) is 0. The van der Waals surface area contributed by atoms with Gasteiger partial charge in [-0.15, -0.1) is 0 Å². The number of nitrogens with zero attached hydrogens (tertiary/aromatic N) is 1. The number of hydrogen-bond acceptors (Lipinski definition) is 3. The van der Waals surface area contributed by atoms with E-state index >= 15 is 0 Å². The molecule has 1 aliphatic heterocycles. The highest BCUT2D eigenvalue weighted by atomic mass is 16.5. The number of aryl methyl sites for hydroxylation is 1. The highest BCUT2D eigenvalue weighted by Gasteiger charge is 2.16. The number of ether oxygens (including phenoxy) is 1. The Morgan fingerprint density at radius 1 is 1.35 bits per heavy atom. The molecule has 1 aliphatic rings. The van der Waals surface area contributed by atoms with E-state index < -0.39 is 0 Å². The van der Waals surface area contributed by atoms with Gasteiger partial charge in [-0.05, 0) is 24.0 Å². The van der Waals surface area contributed by atoms with Crippen LogP contribution in [0.25, 0.3) is 0 Å². The van der Waals surface area contributed by atoms with Crippen LogP contribution in [0, 0.1) is 6.92 Å². The number of anilines is 1. The molecule has 4 nitrogen and oxygen atoms in total. The van der Waals surface area contributed by atoms with Crippen LogP contribution in [0.2, 0.25) is 0 Å². The first kappa shape index (κ1) is 15.0. The Balaban J connectivity index is 2.03. The number of para-hydroxylation sites is 1. The van der Waals surface area contributed by atoms with E-state index in [0.717, 1.165) is 37.6 Å². The van der Waals surface area contributed by atoms with Crippen LogP contribution in [0.4, 0.5) is 5.69 Å². The second-order valence-corrected chi connectivity index (χ2v) is 5.63. The molecule has 1 N–H and O–H groups in total. The molecule has 0 atom stereocenters. The molecular weight excluding hydrogens is 252 g/mol. The van der Waals surface area contributed by atoms with Crippen molar-refractivity contribution in [2.75, 3.05) is 38.2 Å². The minimum atomic E-state index is 0.0584. The smallest absolute Gasteiger partial charge is 0.238 e. The van der Waals surface area contributed by atoms with E-state index in [0.29, 0.717) is 12.5 Å². The van der Waals surface area contributed by atoms with E-state index in [4.69, 9.17) is 4.74 Å². The van der Waals surface area contributed by atoms with Gasteiger partial charge in [-0.2, -0.15) is 0 Å². The van der Waals surface area contributed by atoms with E-state index in [1.807, 2.05) is 19.1 Å².